The van der Waals surface area contributed by atoms with Crippen LogP contribution in [0.3, 0.4) is 0 Å². The SMILES string of the molecule is CN(c1ccccc1CNCc1nc(Cl)nc2c1ccn2COCC[Si](C)(C)C)S(C)(=O)=O. The number of halogens is 1. The number of hydrogen-bond donors (Lipinski definition) is 1. The molecule has 0 saturated heterocycles. The normalized spacial score (nSPS) is 12.4. The lowest BCUT2D eigenvalue weighted by molar-refractivity contribution is 0.0899. The van der Waals surface area contributed by atoms with E-state index in [0.29, 0.717) is 25.5 Å². The van der Waals surface area contributed by atoms with Gasteiger partial charge in [-0.05, 0) is 35.3 Å². The van der Waals surface area contributed by atoms with E-state index >= 15 is 0 Å². The monoisotopic (exact) mass is 509 g/mol. The molecule has 33 heavy (non-hydrogen) atoms. The van der Waals surface area contributed by atoms with Crippen molar-refractivity contribution in [1.29, 1.82) is 0 Å². The first-order valence-electron chi connectivity index (χ1n) is 10.8. The zero-order valence-electron chi connectivity index (χ0n) is 19.8. The minimum Gasteiger partial charge on any atom is -0.361 e. The van der Waals surface area contributed by atoms with Crippen LogP contribution in [0.15, 0.2) is 36.5 Å². The Bertz CT molecular complexity index is 1210. The smallest absolute Gasteiger partial charge is 0.232 e. The molecule has 180 valence electrons. The second-order valence-electron chi connectivity index (χ2n) is 9.27. The highest BCUT2D eigenvalue weighted by Crippen LogP contribution is 2.23. The third-order valence-corrected chi connectivity index (χ3v) is 8.40. The Kier molecular flexibility index (Phi) is 8.17. The van der Waals surface area contributed by atoms with Gasteiger partial charge in [0, 0.05) is 46.4 Å². The van der Waals surface area contributed by atoms with Crippen LogP contribution in [0.5, 0.6) is 0 Å². The predicted molar refractivity (Wildman–Crippen MR) is 137 cm³/mol. The van der Waals surface area contributed by atoms with Gasteiger partial charge in [-0.25, -0.2) is 13.4 Å². The van der Waals surface area contributed by atoms with Crippen LogP contribution in [0.25, 0.3) is 11.0 Å². The molecule has 3 aromatic rings. The Morgan fingerprint density at radius 2 is 1.88 bits per heavy atom. The van der Waals surface area contributed by atoms with E-state index in [9.17, 15) is 8.42 Å². The van der Waals surface area contributed by atoms with E-state index in [2.05, 4.69) is 34.9 Å². The van der Waals surface area contributed by atoms with Gasteiger partial charge >= 0.3 is 0 Å². The highest BCUT2D eigenvalue weighted by molar-refractivity contribution is 7.92. The second-order valence-corrected chi connectivity index (χ2v) is 17.2. The zero-order chi connectivity index (χ0) is 24.2. The van der Waals surface area contributed by atoms with Crippen LogP contribution in [0.1, 0.15) is 11.3 Å². The predicted octanol–water partition coefficient (Wildman–Crippen LogP) is 4.08. The van der Waals surface area contributed by atoms with Gasteiger partial charge in [0.1, 0.15) is 12.4 Å². The maximum absolute atomic E-state index is 12.0. The minimum absolute atomic E-state index is 0.179. The molecule has 0 fully saturated rings. The number of sulfonamides is 1. The number of benzene rings is 1. The highest BCUT2D eigenvalue weighted by atomic mass is 35.5. The van der Waals surface area contributed by atoms with Gasteiger partial charge in [-0.3, -0.25) is 4.31 Å². The van der Waals surface area contributed by atoms with Crippen molar-refractivity contribution in [2.75, 3.05) is 24.2 Å². The summed E-state index contributed by atoms with van der Waals surface area (Å²) in [5, 5.41) is 4.44. The molecule has 11 heteroatoms. The van der Waals surface area contributed by atoms with E-state index in [1.807, 2.05) is 35.0 Å². The van der Waals surface area contributed by atoms with E-state index in [0.717, 1.165) is 34.9 Å². The average Bonchev–Trinajstić information content (AvgIpc) is 3.12. The van der Waals surface area contributed by atoms with Crippen molar-refractivity contribution in [2.24, 2.45) is 0 Å². The lowest BCUT2D eigenvalue weighted by Crippen LogP contribution is -2.27. The summed E-state index contributed by atoms with van der Waals surface area (Å²) in [5.41, 5.74) is 3.02. The van der Waals surface area contributed by atoms with Crippen molar-refractivity contribution in [3.63, 3.8) is 0 Å². The molecule has 2 aromatic heterocycles. The molecule has 0 aliphatic heterocycles. The van der Waals surface area contributed by atoms with E-state index in [1.54, 1.807) is 13.1 Å². The van der Waals surface area contributed by atoms with Crippen molar-refractivity contribution in [3.05, 3.63) is 53.1 Å². The Morgan fingerprint density at radius 3 is 2.58 bits per heavy atom. The Hall–Kier alpha value is -1.98. The number of aromatic nitrogens is 3. The zero-order valence-corrected chi connectivity index (χ0v) is 22.4. The first kappa shape index (κ1) is 25.6. The number of nitrogens with zero attached hydrogens (tertiary/aromatic N) is 4. The fourth-order valence-corrected chi connectivity index (χ4v) is 4.81. The molecule has 1 N–H and O–H groups in total. The van der Waals surface area contributed by atoms with Crippen molar-refractivity contribution < 1.29 is 13.2 Å². The molecule has 0 bridgehead atoms. The summed E-state index contributed by atoms with van der Waals surface area (Å²) in [7, 11) is -2.94. The number of nitrogens with one attached hydrogen (secondary N) is 1. The second kappa shape index (κ2) is 10.5. The van der Waals surface area contributed by atoms with Gasteiger partial charge in [-0.1, -0.05) is 37.8 Å². The van der Waals surface area contributed by atoms with Crippen LogP contribution in [-0.4, -0.2) is 50.9 Å². The summed E-state index contributed by atoms with van der Waals surface area (Å²) in [5.74, 6) is 0. The third kappa shape index (κ3) is 7.00. The van der Waals surface area contributed by atoms with Gasteiger partial charge in [0.05, 0.1) is 17.6 Å². The molecule has 0 unspecified atom stereocenters. The Balaban J connectivity index is 1.70. The van der Waals surface area contributed by atoms with Crippen LogP contribution >= 0.6 is 11.6 Å². The summed E-state index contributed by atoms with van der Waals surface area (Å²) < 4.78 is 33.0. The fourth-order valence-electron chi connectivity index (χ4n) is 3.34. The number of ether oxygens (including phenoxy) is 1. The first-order chi connectivity index (χ1) is 15.5. The summed E-state index contributed by atoms with van der Waals surface area (Å²) in [6, 6.07) is 10.5. The van der Waals surface area contributed by atoms with Crippen molar-refractivity contribution in [3.8, 4) is 0 Å². The average molecular weight is 510 g/mol. The number of anilines is 1. The number of rotatable bonds is 11. The van der Waals surface area contributed by atoms with Gasteiger partial charge in [0.25, 0.3) is 0 Å². The van der Waals surface area contributed by atoms with E-state index < -0.39 is 18.1 Å². The molecular formula is C22H32ClN5O3SSi. The number of fused-ring (bicyclic) bond motifs is 1. The molecule has 0 aliphatic carbocycles. The van der Waals surface area contributed by atoms with E-state index in [-0.39, 0.29) is 5.28 Å². The molecule has 8 nitrogen and oxygen atoms in total. The molecule has 0 atom stereocenters. The summed E-state index contributed by atoms with van der Waals surface area (Å²) >= 11 is 6.21. The summed E-state index contributed by atoms with van der Waals surface area (Å²) in [6.45, 7) is 9.04. The largest absolute Gasteiger partial charge is 0.361 e. The topological polar surface area (TPSA) is 89.3 Å². The van der Waals surface area contributed by atoms with Gasteiger partial charge in [0.2, 0.25) is 15.3 Å². The van der Waals surface area contributed by atoms with Crippen LogP contribution in [0.2, 0.25) is 31.0 Å². The van der Waals surface area contributed by atoms with Gasteiger partial charge < -0.3 is 14.6 Å². The summed E-state index contributed by atoms with van der Waals surface area (Å²) in [6.07, 6.45) is 3.13. The molecular weight excluding hydrogens is 478 g/mol. The Morgan fingerprint density at radius 1 is 1.15 bits per heavy atom. The number of para-hydroxylation sites is 1. The molecule has 0 saturated carbocycles. The molecule has 0 spiro atoms. The van der Waals surface area contributed by atoms with Gasteiger partial charge in [-0.2, -0.15) is 4.98 Å². The molecule has 3 rings (SSSR count). The molecule has 0 amide bonds. The number of hydrogen-bond acceptors (Lipinski definition) is 6. The molecule has 0 radical (unpaired) electrons. The minimum atomic E-state index is -3.35. The van der Waals surface area contributed by atoms with E-state index in [1.165, 1.54) is 10.6 Å². The summed E-state index contributed by atoms with van der Waals surface area (Å²) in [4.78, 5) is 8.81. The van der Waals surface area contributed by atoms with E-state index in [4.69, 9.17) is 16.3 Å². The fraction of sp³-hybridized carbons (Fsp3) is 0.455. The molecule has 0 aliphatic rings. The quantitative estimate of drug-likeness (QED) is 0.238. The third-order valence-electron chi connectivity index (χ3n) is 5.33. The molecule has 2 heterocycles. The molecule has 1 aromatic carbocycles. The Labute approximate surface area is 202 Å². The van der Waals surface area contributed by atoms with Crippen molar-refractivity contribution in [2.45, 2.75) is 45.5 Å². The van der Waals surface area contributed by atoms with Gasteiger partial charge in [0.15, 0.2) is 0 Å². The van der Waals surface area contributed by atoms with Crippen LogP contribution in [0, 0.1) is 0 Å². The lowest BCUT2D eigenvalue weighted by atomic mass is 10.1. The highest BCUT2D eigenvalue weighted by Gasteiger charge is 2.16. The first-order valence-corrected chi connectivity index (χ1v) is 16.7. The van der Waals surface area contributed by atoms with Crippen LogP contribution < -0.4 is 9.62 Å². The lowest BCUT2D eigenvalue weighted by Gasteiger charge is -2.20. The van der Waals surface area contributed by atoms with Crippen molar-refractivity contribution in [1.82, 2.24) is 19.9 Å². The maximum Gasteiger partial charge on any atom is 0.232 e. The van der Waals surface area contributed by atoms with Crippen molar-refractivity contribution >= 4 is 46.4 Å². The van der Waals surface area contributed by atoms with Crippen LogP contribution in [0.4, 0.5) is 5.69 Å². The standard InChI is InChI=1S/C22H32ClN5O3SSi/c1-27(32(2,29)30)20-9-7-6-8-17(20)14-24-15-19-18-10-11-28(21(18)26-22(23)25-19)16-31-12-13-33(3,4)5/h6-11,24H,12-16H2,1-5H3. The van der Waals surface area contributed by atoms with Crippen LogP contribution in [-0.2, 0) is 34.6 Å². The maximum atomic E-state index is 12.0. The van der Waals surface area contributed by atoms with Gasteiger partial charge in [-0.15, -0.1) is 0 Å².